The Hall–Kier alpha value is -2.40. The van der Waals surface area contributed by atoms with E-state index in [2.05, 4.69) is 5.32 Å². The first-order valence-electron chi connectivity index (χ1n) is 5.98. The van der Waals surface area contributed by atoms with Crippen LogP contribution in [-0.4, -0.2) is 16.0 Å². The molecule has 0 saturated carbocycles. The summed E-state index contributed by atoms with van der Waals surface area (Å²) in [5.74, 6) is -0.213. The Morgan fingerprint density at radius 2 is 1.95 bits per heavy atom. The molecule has 1 amide bonds. The minimum absolute atomic E-state index is 0.0922. The summed E-state index contributed by atoms with van der Waals surface area (Å²) in [5.41, 5.74) is 7.93. The molecule has 2 rings (SSSR count). The maximum atomic E-state index is 12.1. The van der Waals surface area contributed by atoms with Gasteiger partial charge in [0.1, 0.15) is 10.7 Å². The van der Waals surface area contributed by atoms with Crippen molar-refractivity contribution in [2.24, 2.45) is 5.73 Å². The van der Waals surface area contributed by atoms with Gasteiger partial charge in [0.15, 0.2) is 0 Å². The number of carbonyl (C=O) groups excluding carboxylic acids is 1. The molecular weight excluding hydrogens is 272 g/mol. The van der Waals surface area contributed by atoms with Gasteiger partial charge in [0.05, 0.1) is 0 Å². The second-order valence-electron chi connectivity index (χ2n) is 4.40. The number of thiocarbonyl (C=S) groups is 1. The first-order chi connectivity index (χ1) is 9.47. The molecule has 4 N–H and O–H groups in total. The average molecular weight is 286 g/mol. The summed E-state index contributed by atoms with van der Waals surface area (Å²) in [5, 5.41) is 12.4. The van der Waals surface area contributed by atoms with Crippen LogP contribution in [0.4, 0.5) is 5.69 Å². The van der Waals surface area contributed by atoms with E-state index >= 15 is 0 Å². The van der Waals surface area contributed by atoms with Crippen LogP contribution in [0.3, 0.4) is 0 Å². The van der Waals surface area contributed by atoms with E-state index in [1.165, 1.54) is 6.07 Å². The van der Waals surface area contributed by atoms with Crippen LogP contribution in [0, 0.1) is 6.92 Å². The average Bonchev–Trinajstić information content (AvgIpc) is 2.42. The molecule has 0 heterocycles. The van der Waals surface area contributed by atoms with Gasteiger partial charge in [0.25, 0.3) is 5.91 Å². The molecule has 2 aromatic rings. The van der Waals surface area contributed by atoms with Crippen molar-refractivity contribution in [3.63, 3.8) is 0 Å². The summed E-state index contributed by atoms with van der Waals surface area (Å²) < 4.78 is 0. The van der Waals surface area contributed by atoms with Gasteiger partial charge in [-0.05, 0) is 36.8 Å². The zero-order valence-electron chi connectivity index (χ0n) is 10.9. The van der Waals surface area contributed by atoms with Crippen molar-refractivity contribution in [1.29, 1.82) is 0 Å². The highest BCUT2D eigenvalue weighted by Crippen LogP contribution is 2.19. The highest BCUT2D eigenvalue weighted by Gasteiger charge is 2.08. The number of anilines is 1. The number of carbonyl (C=O) groups is 1. The summed E-state index contributed by atoms with van der Waals surface area (Å²) in [6.07, 6.45) is 0. The lowest BCUT2D eigenvalue weighted by molar-refractivity contribution is 0.102. The molecule has 0 unspecified atom stereocenters. The highest BCUT2D eigenvalue weighted by molar-refractivity contribution is 7.80. The predicted molar refractivity (Wildman–Crippen MR) is 83.1 cm³/mol. The summed E-state index contributed by atoms with van der Waals surface area (Å²) >= 11 is 4.89. The van der Waals surface area contributed by atoms with Crippen molar-refractivity contribution in [3.05, 3.63) is 59.2 Å². The van der Waals surface area contributed by atoms with Gasteiger partial charge in [-0.25, -0.2) is 0 Å². The Bertz CT molecular complexity index is 683. The second kappa shape index (κ2) is 5.71. The molecule has 0 saturated heterocycles. The monoisotopic (exact) mass is 286 g/mol. The van der Waals surface area contributed by atoms with E-state index < -0.39 is 0 Å². The zero-order valence-corrected chi connectivity index (χ0v) is 11.7. The molecule has 2 aromatic carbocycles. The van der Waals surface area contributed by atoms with Crippen LogP contribution < -0.4 is 11.1 Å². The minimum atomic E-state index is -0.305. The van der Waals surface area contributed by atoms with E-state index in [-0.39, 0.29) is 16.6 Å². The molecule has 20 heavy (non-hydrogen) atoms. The molecule has 5 heteroatoms. The van der Waals surface area contributed by atoms with E-state index in [9.17, 15) is 9.90 Å². The number of benzene rings is 2. The van der Waals surface area contributed by atoms with Crippen molar-refractivity contribution in [2.75, 3.05) is 5.32 Å². The second-order valence-corrected chi connectivity index (χ2v) is 4.84. The number of aromatic hydroxyl groups is 1. The zero-order chi connectivity index (χ0) is 14.7. The maximum Gasteiger partial charge on any atom is 0.255 e. The summed E-state index contributed by atoms with van der Waals surface area (Å²) in [4.78, 5) is 12.3. The molecule has 0 aliphatic rings. The largest absolute Gasteiger partial charge is 0.508 e. The smallest absolute Gasteiger partial charge is 0.255 e. The number of amides is 1. The Kier molecular flexibility index (Phi) is 4.00. The van der Waals surface area contributed by atoms with Gasteiger partial charge in [-0.1, -0.05) is 30.4 Å². The van der Waals surface area contributed by atoms with E-state index in [1.807, 2.05) is 0 Å². The van der Waals surface area contributed by atoms with Crippen LogP contribution in [-0.2, 0) is 0 Å². The fourth-order valence-corrected chi connectivity index (χ4v) is 1.83. The molecule has 0 bridgehead atoms. The number of nitrogens with two attached hydrogens (primary N) is 1. The normalized spacial score (nSPS) is 10.1. The van der Waals surface area contributed by atoms with Crippen LogP contribution in [0.25, 0.3) is 0 Å². The van der Waals surface area contributed by atoms with Crippen molar-refractivity contribution in [2.45, 2.75) is 6.92 Å². The fourth-order valence-electron chi connectivity index (χ4n) is 1.70. The van der Waals surface area contributed by atoms with Crippen LogP contribution >= 0.6 is 12.2 Å². The van der Waals surface area contributed by atoms with Crippen molar-refractivity contribution in [3.8, 4) is 5.75 Å². The van der Waals surface area contributed by atoms with Crippen molar-refractivity contribution < 1.29 is 9.90 Å². The SMILES string of the molecule is Cc1ccc(C(=O)Nc2cccc(C(N)=S)c2)cc1O. The van der Waals surface area contributed by atoms with Crippen molar-refractivity contribution >= 4 is 28.8 Å². The number of phenols is 1. The van der Waals surface area contributed by atoms with E-state index in [1.54, 1.807) is 43.3 Å². The Morgan fingerprint density at radius 3 is 2.60 bits per heavy atom. The molecule has 0 aliphatic heterocycles. The molecule has 102 valence electrons. The van der Waals surface area contributed by atoms with Gasteiger partial charge >= 0.3 is 0 Å². The van der Waals surface area contributed by atoms with Gasteiger partial charge in [-0.3, -0.25) is 4.79 Å². The number of nitrogens with one attached hydrogen (secondary N) is 1. The lowest BCUT2D eigenvalue weighted by Crippen LogP contribution is -2.13. The first kappa shape index (κ1) is 14.0. The van der Waals surface area contributed by atoms with E-state index in [4.69, 9.17) is 18.0 Å². The molecule has 0 fully saturated rings. The molecule has 0 aliphatic carbocycles. The van der Waals surface area contributed by atoms with Crippen molar-refractivity contribution in [1.82, 2.24) is 0 Å². The summed E-state index contributed by atoms with van der Waals surface area (Å²) in [6, 6.07) is 11.8. The number of hydrogen-bond donors (Lipinski definition) is 3. The van der Waals surface area contributed by atoms with E-state index in [0.29, 0.717) is 16.8 Å². The molecule has 0 aromatic heterocycles. The Morgan fingerprint density at radius 1 is 1.20 bits per heavy atom. The molecule has 0 radical (unpaired) electrons. The van der Waals surface area contributed by atoms with Crippen LogP contribution in [0.5, 0.6) is 5.75 Å². The lowest BCUT2D eigenvalue weighted by atomic mass is 10.1. The molecule has 0 atom stereocenters. The first-order valence-corrected chi connectivity index (χ1v) is 6.39. The van der Waals surface area contributed by atoms with Gasteiger partial charge in [0, 0.05) is 16.8 Å². The third-order valence-corrected chi connectivity index (χ3v) is 3.11. The summed E-state index contributed by atoms with van der Waals surface area (Å²) in [7, 11) is 0. The number of rotatable bonds is 3. The molecular formula is C15H14N2O2S. The highest BCUT2D eigenvalue weighted by atomic mass is 32.1. The van der Waals surface area contributed by atoms with Gasteiger partial charge < -0.3 is 16.2 Å². The molecule has 0 spiro atoms. The predicted octanol–water partition coefficient (Wildman–Crippen LogP) is 2.59. The summed E-state index contributed by atoms with van der Waals surface area (Å²) in [6.45, 7) is 1.77. The quantitative estimate of drug-likeness (QED) is 0.758. The van der Waals surface area contributed by atoms with Crippen LogP contribution in [0.15, 0.2) is 42.5 Å². The minimum Gasteiger partial charge on any atom is -0.508 e. The Labute approximate surface area is 122 Å². The fraction of sp³-hybridized carbons (Fsp3) is 0.0667. The number of aryl methyl sites for hydroxylation is 1. The van der Waals surface area contributed by atoms with Gasteiger partial charge in [0.2, 0.25) is 0 Å². The number of phenolic OH excluding ortho intramolecular Hbond substituents is 1. The maximum absolute atomic E-state index is 12.1. The van der Waals surface area contributed by atoms with Gasteiger partial charge in [-0.15, -0.1) is 0 Å². The topological polar surface area (TPSA) is 75.4 Å². The van der Waals surface area contributed by atoms with Crippen LogP contribution in [0.1, 0.15) is 21.5 Å². The van der Waals surface area contributed by atoms with Gasteiger partial charge in [-0.2, -0.15) is 0 Å². The Balaban J connectivity index is 2.21. The number of hydrogen-bond acceptors (Lipinski definition) is 3. The third-order valence-electron chi connectivity index (χ3n) is 2.88. The molecule has 4 nitrogen and oxygen atoms in total. The standard InChI is InChI=1S/C15H14N2O2S/c1-9-5-6-11(8-13(9)18)15(19)17-12-4-2-3-10(7-12)14(16)20/h2-8,18H,1H3,(H2,16,20)(H,17,19). The lowest BCUT2D eigenvalue weighted by Gasteiger charge is -2.08. The van der Waals surface area contributed by atoms with E-state index in [0.717, 1.165) is 5.56 Å². The van der Waals surface area contributed by atoms with Crippen LogP contribution in [0.2, 0.25) is 0 Å². The third kappa shape index (κ3) is 3.13.